The number of anilines is 1. The van der Waals surface area contributed by atoms with Crippen molar-refractivity contribution in [1.82, 2.24) is 4.57 Å². The van der Waals surface area contributed by atoms with Crippen molar-refractivity contribution in [2.24, 2.45) is 13.0 Å². The lowest BCUT2D eigenvalue weighted by Gasteiger charge is -2.08. The molecule has 124 valence electrons. The van der Waals surface area contributed by atoms with Crippen LogP contribution in [0.1, 0.15) is 19.3 Å². The fourth-order valence-electron chi connectivity index (χ4n) is 2.87. The summed E-state index contributed by atoms with van der Waals surface area (Å²) in [6.45, 7) is 0. The van der Waals surface area contributed by atoms with E-state index in [0.29, 0.717) is 29.6 Å². The van der Waals surface area contributed by atoms with Crippen molar-refractivity contribution in [3.8, 4) is 0 Å². The number of aryl methyl sites for hydroxylation is 1. The third-order valence-electron chi connectivity index (χ3n) is 4.18. The van der Waals surface area contributed by atoms with Crippen LogP contribution in [-0.2, 0) is 21.7 Å². The van der Waals surface area contributed by atoms with Gasteiger partial charge in [0.15, 0.2) is 15.4 Å². The van der Waals surface area contributed by atoms with Crippen LogP contribution in [0.5, 0.6) is 0 Å². The van der Waals surface area contributed by atoms with E-state index < -0.39 is 15.6 Å². The normalized spacial score (nSPS) is 20.0. The van der Waals surface area contributed by atoms with Crippen LogP contribution in [0.2, 0.25) is 0 Å². The highest BCUT2D eigenvalue weighted by Crippen LogP contribution is 2.23. The number of rotatable bonds is 4. The maximum atomic E-state index is 12.0. The molecule has 2 heterocycles. The minimum Gasteiger partial charge on any atom is -0.408 e. The predicted molar refractivity (Wildman–Crippen MR) is 86.1 cm³/mol. The van der Waals surface area contributed by atoms with Crippen LogP contribution in [0, 0.1) is 5.92 Å². The van der Waals surface area contributed by atoms with E-state index in [9.17, 15) is 18.0 Å². The van der Waals surface area contributed by atoms with Gasteiger partial charge in [-0.15, -0.1) is 0 Å². The van der Waals surface area contributed by atoms with Gasteiger partial charge in [0.2, 0.25) is 5.91 Å². The Morgan fingerprint density at radius 3 is 2.91 bits per heavy atom. The molecule has 1 amide bonds. The Labute approximate surface area is 133 Å². The highest BCUT2D eigenvalue weighted by atomic mass is 32.2. The molecule has 1 atom stereocenters. The summed E-state index contributed by atoms with van der Waals surface area (Å²) in [4.78, 5) is 23.4. The molecule has 1 aromatic heterocycles. The van der Waals surface area contributed by atoms with Crippen molar-refractivity contribution in [3.63, 3.8) is 0 Å². The van der Waals surface area contributed by atoms with Gasteiger partial charge in [0, 0.05) is 25.2 Å². The van der Waals surface area contributed by atoms with Crippen LogP contribution in [0.15, 0.2) is 27.4 Å². The molecule has 7 nitrogen and oxygen atoms in total. The Kier molecular flexibility index (Phi) is 4.01. The maximum absolute atomic E-state index is 12.0. The first-order valence-electron chi connectivity index (χ1n) is 7.44. The van der Waals surface area contributed by atoms with Gasteiger partial charge >= 0.3 is 5.76 Å². The lowest BCUT2D eigenvalue weighted by Crippen LogP contribution is -2.14. The molecule has 1 aromatic carbocycles. The number of carbonyl (C=O) groups excluding carboxylic acids is 1. The van der Waals surface area contributed by atoms with Gasteiger partial charge in [-0.25, -0.2) is 13.2 Å². The van der Waals surface area contributed by atoms with E-state index in [4.69, 9.17) is 4.42 Å². The zero-order chi connectivity index (χ0) is 16.6. The molecule has 1 saturated heterocycles. The second-order valence-corrected chi connectivity index (χ2v) is 8.19. The van der Waals surface area contributed by atoms with Crippen LogP contribution in [0.25, 0.3) is 11.1 Å². The number of amides is 1. The number of nitrogens with zero attached hydrogens (tertiary/aromatic N) is 1. The first-order valence-corrected chi connectivity index (χ1v) is 9.26. The molecule has 1 N–H and O–H groups in total. The van der Waals surface area contributed by atoms with Crippen LogP contribution in [0.3, 0.4) is 0 Å². The van der Waals surface area contributed by atoms with E-state index in [1.54, 1.807) is 25.2 Å². The van der Waals surface area contributed by atoms with Gasteiger partial charge in [-0.3, -0.25) is 9.36 Å². The topological polar surface area (TPSA) is 98.4 Å². The van der Waals surface area contributed by atoms with Gasteiger partial charge in [-0.2, -0.15) is 0 Å². The van der Waals surface area contributed by atoms with Crippen molar-refractivity contribution in [2.45, 2.75) is 19.3 Å². The minimum absolute atomic E-state index is 0.0698. The maximum Gasteiger partial charge on any atom is 0.419 e. The Morgan fingerprint density at radius 1 is 1.43 bits per heavy atom. The molecular formula is C15H18N2O5S. The molecule has 0 aliphatic carbocycles. The average molecular weight is 338 g/mol. The highest BCUT2D eigenvalue weighted by molar-refractivity contribution is 7.91. The van der Waals surface area contributed by atoms with Crippen LogP contribution >= 0.6 is 0 Å². The lowest BCUT2D eigenvalue weighted by atomic mass is 10.0. The quantitative estimate of drug-likeness (QED) is 0.905. The average Bonchev–Trinajstić information content (AvgIpc) is 2.97. The number of fused-ring (bicyclic) bond motifs is 1. The minimum atomic E-state index is -2.90. The van der Waals surface area contributed by atoms with E-state index in [2.05, 4.69) is 5.32 Å². The number of hydrogen-bond acceptors (Lipinski definition) is 5. The third kappa shape index (κ3) is 3.47. The predicted octanol–water partition coefficient (Wildman–Crippen LogP) is 1.28. The molecule has 2 aromatic rings. The Balaban J connectivity index is 1.61. The van der Waals surface area contributed by atoms with E-state index >= 15 is 0 Å². The number of oxazole rings is 1. The Bertz CT molecular complexity index is 910. The largest absolute Gasteiger partial charge is 0.419 e. The molecule has 1 fully saturated rings. The zero-order valence-electron chi connectivity index (χ0n) is 12.7. The second kappa shape index (κ2) is 5.84. The molecule has 23 heavy (non-hydrogen) atoms. The van der Waals surface area contributed by atoms with Crippen molar-refractivity contribution in [3.05, 3.63) is 28.7 Å². The first-order chi connectivity index (χ1) is 10.8. The van der Waals surface area contributed by atoms with E-state index in [-0.39, 0.29) is 29.8 Å². The number of aromatic nitrogens is 1. The number of nitrogens with one attached hydrogen (secondary N) is 1. The molecule has 0 radical (unpaired) electrons. The van der Waals surface area contributed by atoms with Crippen molar-refractivity contribution >= 4 is 32.5 Å². The smallest absolute Gasteiger partial charge is 0.408 e. The van der Waals surface area contributed by atoms with Gasteiger partial charge in [-0.1, -0.05) is 0 Å². The van der Waals surface area contributed by atoms with E-state index in [1.165, 1.54) is 4.57 Å². The molecule has 1 aliphatic rings. The molecule has 0 saturated carbocycles. The summed E-state index contributed by atoms with van der Waals surface area (Å²) in [5.41, 5.74) is 1.62. The molecule has 1 aliphatic heterocycles. The third-order valence-corrected chi connectivity index (χ3v) is 6.02. The SMILES string of the molecule is Cn1c(=O)oc2cc(NC(=O)CCC3CCS(=O)(=O)C3)ccc21. The summed E-state index contributed by atoms with van der Waals surface area (Å²) < 4.78 is 29.2. The van der Waals surface area contributed by atoms with Gasteiger partial charge in [0.05, 0.1) is 17.0 Å². The summed E-state index contributed by atoms with van der Waals surface area (Å²) >= 11 is 0. The number of carbonyl (C=O) groups is 1. The summed E-state index contributed by atoms with van der Waals surface area (Å²) in [7, 11) is -1.29. The second-order valence-electron chi connectivity index (χ2n) is 5.97. The van der Waals surface area contributed by atoms with Crippen LogP contribution in [-0.4, -0.2) is 30.4 Å². The van der Waals surface area contributed by atoms with Crippen molar-refractivity contribution < 1.29 is 17.6 Å². The summed E-state index contributed by atoms with van der Waals surface area (Å²) in [5, 5.41) is 2.75. The van der Waals surface area contributed by atoms with Gasteiger partial charge < -0.3 is 9.73 Å². The lowest BCUT2D eigenvalue weighted by molar-refractivity contribution is -0.116. The molecule has 0 spiro atoms. The fraction of sp³-hybridized carbons (Fsp3) is 0.467. The summed E-state index contributed by atoms with van der Waals surface area (Å²) in [5.74, 6) is -0.150. The highest BCUT2D eigenvalue weighted by Gasteiger charge is 2.27. The van der Waals surface area contributed by atoms with Gasteiger partial charge in [0.25, 0.3) is 0 Å². The summed E-state index contributed by atoms with van der Waals surface area (Å²) in [6.07, 6.45) is 1.47. The fourth-order valence-corrected chi connectivity index (χ4v) is 4.78. The zero-order valence-corrected chi connectivity index (χ0v) is 13.6. The molecule has 3 rings (SSSR count). The van der Waals surface area contributed by atoms with Crippen LogP contribution < -0.4 is 11.1 Å². The molecule has 0 bridgehead atoms. The Morgan fingerprint density at radius 2 is 2.22 bits per heavy atom. The van der Waals surface area contributed by atoms with Crippen LogP contribution in [0.4, 0.5) is 5.69 Å². The molecule has 1 unspecified atom stereocenters. The molecular weight excluding hydrogens is 320 g/mol. The molecule has 8 heteroatoms. The summed E-state index contributed by atoms with van der Waals surface area (Å²) in [6, 6.07) is 5.02. The number of benzene rings is 1. The number of sulfone groups is 1. The first kappa shape index (κ1) is 15.8. The standard InChI is InChI=1S/C15H18N2O5S/c1-17-12-4-3-11(8-13(12)22-15(17)19)16-14(18)5-2-10-6-7-23(20,21)9-10/h3-4,8,10H,2,5-7,9H2,1H3,(H,16,18). The van der Waals surface area contributed by atoms with Crippen molar-refractivity contribution in [1.29, 1.82) is 0 Å². The van der Waals surface area contributed by atoms with Crippen molar-refractivity contribution in [2.75, 3.05) is 16.8 Å². The Hall–Kier alpha value is -2.09. The van der Waals surface area contributed by atoms with Gasteiger partial charge in [-0.05, 0) is 30.9 Å². The number of hydrogen-bond donors (Lipinski definition) is 1. The van der Waals surface area contributed by atoms with Gasteiger partial charge in [0.1, 0.15) is 0 Å². The van der Waals surface area contributed by atoms with E-state index in [0.717, 1.165) is 0 Å². The van der Waals surface area contributed by atoms with E-state index in [1.807, 2.05) is 0 Å². The monoisotopic (exact) mass is 338 g/mol.